The topological polar surface area (TPSA) is 65.5 Å². The zero-order chi connectivity index (χ0) is 15.7. The Morgan fingerprint density at radius 2 is 1.91 bits per heavy atom. The molecule has 1 unspecified atom stereocenters. The number of hydrogen-bond acceptors (Lipinski definition) is 2. The zero-order valence-electron chi connectivity index (χ0n) is 14.4. The van der Waals surface area contributed by atoms with Gasteiger partial charge < -0.3 is 16.0 Å². The van der Waals surface area contributed by atoms with Crippen LogP contribution in [-0.2, 0) is 4.79 Å². The van der Waals surface area contributed by atoms with E-state index in [0.717, 1.165) is 44.1 Å². The third-order valence-corrected chi connectivity index (χ3v) is 3.60. The number of carbonyl (C=O) groups is 1. The molecule has 5 nitrogen and oxygen atoms in total. The number of guanidine groups is 1. The largest absolute Gasteiger partial charge is 0.356 e. The van der Waals surface area contributed by atoms with Gasteiger partial charge in [-0.3, -0.25) is 9.79 Å². The molecule has 22 heavy (non-hydrogen) atoms. The molecule has 0 aliphatic heterocycles. The number of rotatable bonds is 9. The smallest absolute Gasteiger partial charge is 0.220 e. The molecule has 1 amide bonds. The molecule has 0 saturated heterocycles. The highest BCUT2D eigenvalue weighted by atomic mass is 127. The second-order valence-corrected chi connectivity index (χ2v) is 6.46. The maximum atomic E-state index is 11.5. The lowest BCUT2D eigenvalue weighted by Gasteiger charge is -2.18. The monoisotopic (exact) mass is 424 g/mol. The summed E-state index contributed by atoms with van der Waals surface area (Å²) in [5, 5.41) is 9.66. The van der Waals surface area contributed by atoms with Gasteiger partial charge in [0.1, 0.15) is 0 Å². The molecule has 0 spiro atoms. The van der Waals surface area contributed by atoms with Crippen molar-refractivity contribution in [3.8, 4) is 0 Å². The van der Waals surface area contributed by atoms with Crippen LogP contribution in [0.5, 0.6) is 0 Å². The Balaban J connectivity index is 0.00000441. The standard InChI is InChI=1S/C16H32N4O.HI/c1-12(2)7-8-13(3)19-16(17-4)18-11-5-6-15(21)20-14-9-10-14;/h12-14H,5-11H2,1-4H3,(H,20,21)(H2,17,18,19);1H. The molecule has 0 heterocycles. The summed E-state index contributed by atoms with van der Waals surface area (Å²) in [5.74, 6) is 1.73. The number of aliphatic imine (C=N–C) groups is 1. The Morgan fingerprint density at radius 3 is 2.45 bits per heavy atom. The van der Waals surface area contributed by atoms with E-state index in [1.54, 1.807) is 7.05 Å². The fourth-order valence-electron chi connectivity index (χ4n) is 2.07. The highest BCUT2D eigenvalue weighted by molar-refractivity contribution is 14.0. The second kappa shape index (κ2) is 12.0. The average Bonchev–Trinajstić information content (AvgIpc) is 3.23. The lowest BCUT2D eigenvalue weighted by atomic mass is 10.0. The number of hydrogen-bond donors (Lipinski definition) is 3. The summed E-state index contributed by atoms with van der Waals surface area (Å²) in [6.07, 6.45) is 6.07. The molecule has 1 fully saturated rings. The number of halogens is 1. The van der Waals surface area contributed by atoms with Crippen molar-refractivity contribution in [2.24, 2.45) is 10.9 Å². The van der Waals surface area contributed by atoms with Gasteiger partial charge in [-0.15, -0.1) is 24.0 Å². The average molecular weight is 424 g/mol. The first-order valence-corrected chi connectivity index (χ1v) is 8.27. The van der Waals surface area contributed by atoms with Crippen LogP contribution in [0.1, 0.15) is 59.3 Å². The van der Waals surface area contributed by atoms with E-state index >= 15 is 0 Å². The van der Waals surface area contributed by atoms with Gasteiger partial charge in [-0.25, -0.2) is 0 Å². The Labute approximate surface area is 152 Å². The van der Waals surface area contributed by atoms with E-state index in [-0.39, 0.29) is 29.9 Å². The minimum absolute atomic E-state index is 0. The Morgan fingerprint density at radius 1 is 1.23 bits per heavy atom. The van der Waals surface area contributed by atoms with Crippen molar-refractivity contribution in [1.82, 2.24) is 16.0 Å². The number of nitrogens with zero attached hydrogens (tertiary/aromatic N) is 1. The molecule has 1 saturated carbocycles. The highest BCUT2D eigenvalue weighted by Crippen LogP contribution is 2.18. The van der Waals surface area contributed by atoms with Gasteiger partial charge in [-0.05, 0) is 44.9 Å². The fraction of sp³-hybridized carbons (Fsp3) is 0.875. The van der Waals surface area contributed by atoms with Gasteiger partial charge >= 0.3 is 0 Å². The van der Waals surface area contributed by atoms with Gasteiger partial charge in [-0.2, -0.15) is 0 Å². The molecule has 0 aromatic heterocycles. The van der Waals surface area contributed by atoms with Crippen LogP contribution in [-0.4, -0.2) is 37.5 Å². The van der Waals surface area contributed by atoms with E-state index in [1.807, 2.05) is 0 Å². The fourth-order valence-corrected chi connectivity index (χ4v) is 2.07. The van der Waals surface area contributed by atoms with Crippen LogP contribution in [0.25, 0.3) is 0 Å². The highest BCUT2D eigenvalue weighted by Gasteiger charge is 2.22. The lowest BCUT2D eigenvalue weighted by molar-refractivity contribution is -0.121. The van der Waals surface area contributed by atoms with E-state index in [2.05, 4.69) is 41.7 Å². The lowest BCUT2D eigenvalue weighted by Crippen LogP contribution is -2.42. The van der Waals surface area contributed by atoms with E-state index in [0.29, 0.717) is 18.5 Å². The summed E-state index contributed by atoms with van der Waals surface area (Å²) in [7, 11) is 1.78. The molecule has 130 valence electrons. The van der Waals surface area contributed by atoms with E-state index in [4.69, 9.17) is 0 Å². The summed E-state index contributed by atoms with van der Waals surface area (Å²) in [6.45, 7) is 7.44. The van der Waals surface area contributed by atoms with Crippen molar-refractivity contribution < 1.29 is 4.79 Å². The first-order chi connectivity index (χ1) is 10.0. The number of nitrogens with one attached hydrogen (secondary N) is 3. The van der Waals surface area contributed by atoms with Gasteiger partial charge in [0, 0.05) is 32.1 Å². The maximum Gasteiger partial charge on any atom is 0.220 e. The molecule has 0 bridgehead atoms. The van der Waals surface area contributed by atoms with Crippen molar-refractivity contribution in [3.05, 3.63) is 0 Å². The number of amides is 1. The predicted octanol–water partition coefficient (Wildman–Crippen LogP) is 2.65. The predicted molar refractivity (Wildman–Crippen MR) is 104 cm³/mol. The van der Waals surface area contributed by atoms with Crippen LogP contribution in [0, 0.1) is 5.92 Å². The molecule has 1 aliphatic carbocycles. The van der Waals surface area contributed by atoms with Gasteiger partial charge in [0.05, 0.1) is 0 Å². The first kappa shape index (κ1) is 21.5. The van der Waals surface area contributed by atoms with Crippen LogP contribution in [0.15, 0.2) is 4.99 Å². The van der Waals surface area contributed by atoms with Gasteiger partial charge in [0.2, 0.25) is 5.91 Å². The second-order valence-electron chi connectivity index (χ2n) is 6.46. The quantitative estimate of drug-likeness (QED) is 0.231. The molecule has 1 atom stereocenters. The molecule has 0 aromatic rings. The molecule has 1 aliphatic rings. The minimum Gasteiger partial charge on any atom is -0.356 e. The molecular weight excluding hydrogens is 391 g/mol. The summed E-state index contributed by atoms with van der Waals surface area (Å²) >= 11 is 0. The summed E-state index contributed by atoms with van der Waals surface area (Å²) in [4.78, 5) is 15.8. The van der Waals surface area contributed by atoms with Crippen LogP contribution < -0.4 is 16.0 Å². The van der Waals surface area contributed by atoms with Crippen molar-refractivity contribution >= 4 is 35.8 Å². The van der Waals surface area contributed by atoms with E-state index < -0.39 is 0 Å². The molecule has 0 aromatic carbocycles. The summed E-state index contributed by atoms with van der Waals surface area (Å²) < 4.78 is 0. The molecule has 3 N–H and O–H groups in total. The number of carbonyl (C=O) groups excluding carboxylic acids is 1. The molecular formula is C16H33IN4O. The van der Waals surface area contributed by atoms with E-state index in [1.165, 1.54) is 6.42 Å². The van der Waals surface area contributed by atoms with Gasteiger partial charge in [-0.1, -0.05) is 13.8 Å². The summed E-state index contributed by atoms with van der Waals surface area (Å²) in [5.41, 5.74) is 0. The molecule has 0 radical (unpaired) electrons. The van der Waals surface area contributed by atoms with Crippen molar-refractivity contribution in [2.45, 2.75) is 71.4 Å². The normalized spacial score (nSPS) is 16.0. The van der Waals surface area contributed by atoms with Crippen LogP contribution in [0.2, 0.25) is 0 Å². The van der Waals surface area contributed by atoms with Crippen LogP contribution in [0.3, 0.4) is 0 Å². The van der Waals surface area contributed by atoms with Crippen molar-refractivity contribution in [3.63, 3.8) is 0 Å². The minimum atomic E-state index is 0. The Hall–Kier alpha value is -0.530. The van der Waals surface area contributed by atoms with Gasteiger partial charge in [0.15, 0.2) is 5.96 Å². The zero-order valence-corrected chi connectivity index (χ0v) is 16.8. The SMILES string of the molecule is CN=C(NCCCC(=O)NC1CC1)NC(C)CCC(C)C.I. The van der Waals surface area contributed by atoms with Crippen LogP contribution >= 0.6 is 24.0 Å². The molecule has 1 rings (SSSR count). The van der Waals surface area contributed by atoms with Crippen LogP contribution in [0.4, 0.5) is 0 Å². The van der Waals surface area contributed by atoms with E-state index in [9.17, 15) is 4.79 Å². The third kappa shape index (κ3) is 11.1. The van der Waals surface area contributed by atoms with Crippen molar-refractivity contribution in [1.29, 1.82) is 0 Å². The Bertz CT molecular complexity index is 343. The Kier molecular flexibility index (Phi) is 11.7. The van der Waals surface area contributed by atoms with Crippen molar-refractivity contribution in [2.75, 3.05) is 13.6 Å². The summed E-state index contributed by atoms with van der Waals surface area (Å²) in [6, 6.07) is 0.874. The third-order valence-electron chi connectivity index (χ3n) is 3.60. The molecule has 6 heteroatoms. The first-order valence-electron chi connectivity index (χ1n) is 8.27. The maximum absolute atomic E-state index is 11.5. The van der Waals surface area contributed by atoms with Gasteiger partial charge in [0.25, 0.3) is 0 Å².